The number of carbonyl (C=O) groups excluding carboxylic acids is 3. The Bertz CT molecular complexity index is 1250. The van der Waals surface area contributed by atoms with Crippen LogP contribution in [0.5, 0.6) is 0 Å². The standard InChI is InChI=1S/C30H51N3O21/c1-8(38)31-15-21(44)18(41)11(4-34)49-28(15)54-26-20(43)13(6-36)50-30(23(26)46)52-24-14(7-37)51-29(16(22(24)45)32-9(2)39)53-25-17(33-10(3)40)27(47)48-12(5-35)19(25)42/h11-30,34-37,41-47H,4-7H2,1-3H3,(H,31,38)(H,32,39)(H,33,40)/t11-,12-,13-,14-,15-,16-,17-,18-,19+,20+,21-,22-,23-,24-,25-,26+,27?,28+,29+,30+/m1/s1. The molecule has 0 aromatic heterocycles. The monoisotopic (exact) mass is 789 g/mol. The summed E-state index contributed by atoms with van der Waals surface area (Å²) in [5, 5.41) is 123. The lowest BCUT2D eigenvalue weighted by atomic mass is 9.93. The van der Waals surface area contributed by atoms with Crippen molar-refractivity contribution >= 4 is 17.7 Å². The maximum atomic E-state index is 12.3. The van der Waals surface area contributed by atoms with E-state index in [2.05, 4.69) is 16.0 Å². The fourth-order valence-electron chi connectivity index (χ4n) is 6.75. The topological polar surface area (TPSA) is 374 Å². The van der Waals surface area contributed by atoms with Gasteiger partial charge in [0.1, 0.15) is 97.5 Å². The molecule has 1 unspecified atom stereocenters. The molecule has 0 aromatic rings. The van der Waals surface area contributed by atoms with Gasteiger partial charge in [0.15, 0.2) is 25.2 Å². The Morgan fingerprint density at radius 3 is 1.35 bits per heavy atom. The quantitative estimate of drug-likeness (QED) is 0.0823. The molecule has 4 aliphatic heterocycles. The second-order valence-corrected chi connectivity index (χ2v) is 13.3. The smallest absolute Gasteiger partial charge is 0.217 e. The van der Waals surface area contributed by atoms with Crippen LogP contribution in [-0.2, 0) is 47.5 Å². The molecule has 54 heavy (non-hydrogen) atoms. The number of rotatable bonds is 13. The summed E-state index contributed by atoms with van der Waals surface area (Å²) in [6, 6.07) is -4.59. The highest BCUT2D eigenvalue weighted by Gasteiger charge is 2.56. The van der Waals surface area contributed by atoms with E-state index in [-0.39, 0.29) is 0 Å². The average Bonchev–Trinajstić information content (AvgIpc) is 3.11. The summed E-state index contributed by atoms with van der Waals surface area (Å²) in [7, 11) is 0. The molecule has 3 amide bonds. The van der Waals surface area contributed by atoms with Crippen LogP contribution in [0.15, 0.2) is 0 Å². The van der Waals surface area contributed by atoms with Gasteiger partial charge in [-0.3, -0.25) is 14.4 Å². The summed E-state index contributed by atoms with van der Waals surface area (Å²) in [5.74, 6) is -2.14. The van der Waals surface area contributed by atoms with Crippen LogP contribution in [0.3, 0.4) is 0 Å². The van der Waals surface area contributed by atoms with E-state index >= 15 is 0 Å². The van der Waals surface area contributed by atoms with Gasteiger partial charge in [-0.05, 0) is 0 Å². The van der Waals surface area contributed by atoms with Crippen molar-refractivity contribution in [1.82, 2.24) is 16.0 Å². The van der Waals surface area contributed by atoms with E-state index in [9.17, 15) is 70.6 Å². The molecule has 4 aliphatic rings. The average molecular weight is 790 g/mol. The van der Waals surface area contributed by atoms with Crippen LogP contribution >= 0.6 is 0 Å². The first-order chi connectivity index (χ1) is 25.5. The third-order valence-corrected chi connectivity index (χ3v) is 9.41. The summed E-state index contributed by atoms with van der Waals surface area (Å²) >= 11 is 0. The molecule has 4 fully saturated rings. The third-order valence-electron chi connectivity index (χ3n) is 9.41. The van der Waals surface area contributed by atoms with Crippen molar-refractivity contribution in [3.05, 3.63) is 0 Å². The lowest BCUT2D eigenvalue weighted by Crippen LogP contribution is -2.71. The molecular weight excluding hydrogens is 738 g/mol. The zero-order valence-corrected chi connectivity index (χ0v) is 29.4. The van der Waals surface area contributed by atoms with Crippen molar-refractivity contribution in [2.45, 2.75) is 143 Å². The van der Waals surface area contributed by atoms with E-state index in [1.807, 2.05) is 0 Å². The summed E-state index contributed by atoms with van der Waals surface area (Å²) in [4.78, 5) is 36.1. The Kier molecular flexibility index (Phi) is 15.8. The van der Waals surface area contributed by atoms with Gasteiger partial charge in [0.25, 0.3) is 0 Å². The number of carbonyl (C=O) groups is 3. The van der Waals surface area contributed by atoms with Gasteiger partial charge in [0.05, 0.1) is 26.4 Å². The zero-order chi connectivity index (χ0) is 40.2. The van der Waals surface area contributed by atoms with Crippen LogP contribution in [0.4, 0.5) is 0 Å². The number of aliphatic hydroxyl groups excluding tert-OH is 11. The van der Waals surface area contributed by atoms with Gasteiger partial charge < -0.3 is 105 Å². The molecule has 0 aliphatic carbocycles. The maximum Gasteiger partial charge on any atom is 0.217 e. The predicted octanol–water partition coefficient (Wildman–Crippen LogP) is -9.32. The molecule has 24 nitrogen and oxygen atoms in total. The molecule has 312 valence electrons. The fraction of sp³-hybridized carbons (Fsp3) is 0.900. The molecule has 24 heteroatoms. The summed E-state index contributed by atoms with van der Waals surface area (Å²) in [6.45, 7) is -0.217. The van der Waals surface area contributed by atoms with Crippen molar-refractivity contribution in [3.8, 4) is 0 Å². The second kappa shape index (κ2) is 19.2. The Balaban J connectivity index is 1.60. The number of ether oxygens (including phenoxy) is 7. The summed E-state index contributed by atoms with van der Waals surface area (Å²) in [5.41, 5.74) is 0. The number of hydrogen-bond acceptors (Lipinski definition) is 21. The molecule has 0 aromatic carbocycles. The molecule has 4 saturated heterocycles. The van der Waals surface area contributed by atoms with Crippen LogP contribution in [0.2, 0.25) is 0 Å². The van der Waals surface area contributed by atoms with Crippen molar-refractivity contribution < 1.29 is 104 Å². The Labute approximate surface area is 307 Å². The van der Waals surface area contributed by atoms with Gasteiger partial charge in [0.2, 0.25) is 17.7 Å². The first-order valence-electron chi connectivity index (χ1n) is 17.1. The van der Waals surface area contributed by atoms with Crippen molar-refractivity contribution in [2.24, 2.45) is 0 Å². The molecule has 0 spiro atoms. The minimum Gasteiger partial charge on any atom is -0.394 e. The fourth-order valence-corrected chi connectivity index (χ4v) is 6.75. The third kappa shape index (κ3) is 9.79. The van der Waals surface area contributed by atoms with Gasteiger partial charge in [0, 0.05) is 20.8 Å². The number of aliphatic hydroxyl groups is 11. The SMILES string of the molecule is CC(=O)N[C@H]1[C@H](O[C@H]2[C@@H](O)[C@@H](CO)OC(O)[C@@H]2NC(C)=O)O[C@H](CO)[C@@H](O[C@@H]2O[C@H](CO)[C@H](O)[C@H](O[C@@H]3O[C@H](CO)[C@@H](O)[C@H](O)[C@H]3NC(C)=O)[C@H]2O)[C@@H]1O. The maximum absolute atomic E-state index is 12.3. The van der Waals surface area contributed by atoms with Gasteiger partial charge in [-0.25, -0.2) is 0 Å². The van der Waals surface area contributed by atoms with Crippen LogP contribution in [0.1, 0.15) is 20.8 Å². The highest BCUT2D eigenvalue weighted by Crippen LogP contribution is 2.34. The minimum absolute atomic E-state index is 0.682. The Morgan fingerprint density at radius 1 is 0.444 bits per heavy atom. The van der Waals surface area contributed by atoms with Gasteiger partial charge in [-0.15, -0.1) is 0 Å². The van der Waals surface area contributed by atoms with Crippen LogP contribution in [0, 0.1) is 0 Å². The summed E-state index contributed by atoms with van der Waals surface area (Å²) in [6.07, 6.45) is -29.4. The van der Waals surface area contributed by atoms with Crippen molar-refractivity contribution in [1.29, 1.82) is 0 Å². The van der Waals surface area contributed by atoms with Crippen molar-refractivity contribution in [3.63, 3.8) is 0 Å². The van der Waals surface area contributed by atoms with E-state index in [0.717, 1.165) is 20.8 Å². The minimum atomic E-state index is -2.05. The largest absolute Gasteiger partial charge is 0.394 e. The predicted molar refractivity (Wildman–Crippen MR) is 169 cm³/mol. The zero-order valence-electron chi connectivity index (χ0n) is 29.4. The Morgan fingerprint density at radius 2 is 0.833 bits per heavy atom. The van der Waals surface area contributed by atoms with Crippen LogP contribution in [0.25, 0.3) is 0 Å². The van der Waals surface area contributed by atoms with E-state index in [0.29, 0.717) is 0 Å². The van der Waals surface area contributed by atoms with Crippen molar-refractivity contribution in [2.75, 3.05) is 26.4 Å². The van der Waals surface area contributed by atoms with Crippen LogP contribution < -0.4 is 16.0 Å². The first-order valence-corrected chi connectivity index (χ1v) is 17.1. The molecule has 0 saturated carbocycles. The molecule has 20 atom stereocenters. The van der Waals surface area contributed by atoms with Gasteiger partial charge in [-0.2, -0.15) is 0 Å². The first kappa shape index (κ1) is 44.4. The van der Waals surface area contributed by atoms with E-state index in [4.69, 9.17) is 33.2 Å². The van der Waals surface area contributed by atoms with E-state index in [1.54, 1.807) is 0 Å². The van der Waals surface area contributed by atoms with Crippen LogP contribution in [-0.4, -0.2) is 223 Å². The normalized spacial score (nSPS) is 45.7. The molecule has 14 N–H and O–H groups in total. The van der Waals surface area contributed by atoms with E-state index in [1.165, 1.54) is 0 Å². The molecule has 4 rings (SSSR count). The number of hydrogen-bond donors (Lipinski definition) is 14. The van der Waals surface area contributed by atoms with Gasteiger partial charge >= 0.3 is 0 Å². The Hall–Kier alpha value is -2.31. The summed E-state index contributed by atoms with van der Waals surface area (Å²) < 4.78 is 39.7. The highest BCUT2D eigenvalue weighted by atomic mass is 16.8. The second-order valence-electron chi connectivity index (χ2n) is 13.3. The number of amides is 3. The van der Waals surface area contributed by atoms with E-state index < -0.39 is 167 Å². The lowest BCUT2D eigenvalue weighted by molar-refractivity contribution is -0.373. The molecule has 0 bridgehead atoms. The number of nitrogens with one attached hydrogen (secondary N) is 3. The molecular formula is C30H51N3O21. The molecule has 4 heterocycles. The highest BCUT2D eigenvalue weighted by molar-refractivity contribution is 5.74. The molecule has 0 radical (unpaired) electrons. The van der Waals surface area contributed by atoms with Gasteiger partial charge in [-0.1, -0.05) is 0 Å². The lowest BCUT2D eigenvalue weighted by Gasteiger charge is -2.50.